The van der Waals surface area contributed by atoms with Gasteiger partial charge < -0.3 is 10.5 Å². The Morgan fingerprint density at radius 2 is 2.05 bits per heavy atom. The second-order valence-electron chi connectivity index (χ2n) is 5.65. The minimum Gasteiger partial charge on any atom is -0.405 e. The molecule has 2 N–H and O–H groups in total. The van der Waals surface area contributed by atoms with Crippen molar-refractivity contribution in [3.63, 3.8) is 0 Å². The van der Waals surface area contributed by atoms with Crippen molar-refractivity contribution in [3.05, 3.63) is 29.8 Å². The molecule has 1 aliphatic heterocycles. The van der Waals surface area contributed by atoms with E-state index in [2.05, 4.69) is 16.6 Å². The lowest BCUT2D eigenvalue weighted by molar-refractivity contribution is -0.275. The summed E-state index contributed by atoms with van der Waals surface area (Å²) in [5.74, 6) is 0.843. The lowest BCUT2D eigenvalue weighted by atomic mass is 9.87. The van der Waals surface area contributed by atoms with Crippen molar-refractivity contribution in [1.82, 2.24) is 4.90 Å². The van der Waals surface area contributed by atoms with E-state index in [0.717, 1.165) is 19.5 Å². The van der Waals surface area contributed by atoms with E-state index in [9.17, 15) is 13.2 Å². The summed E-state index contributed by atoms with van der Waals surface area (Å²) in [4.78, 5) is 2.15. The van der Waals surface area contributed by atoms with Crippen molar-refractivity contribution in [2.75, 3.05) is 19.6 Å². The van der Waals surface area contributed by atoms with Crippen molar-refractivity contribution in [3.8, 4) is 5.75 Å². The van der Waals surface area contributed by atoms with Gasteiger partial charge in [0.2, 0.25) is 0 Å². The number of piperidine rings is 1. The van der Waals surface area contributed by atoms with Gasteiger partial charge in [0.15, 0.2) is 0 Å². The number of hydrogen-bond donors (Lipinski definition) is 1. The fourth-order valence-corrected chi connectivity index (χ4v) is 2.77. The second kappa shape index (κ2) is 6.66. The third-order valence-corrected chi connectivity index (χ3v) is 4.09. The van der Waals surface area contributed by atoms with Crippen LogP contribution in [0.1, 0.15) is 18.9 Å². The third kappa shape index (κ3) is 4.61. The number of nitrogens with two attached hydrogens (primary N) is 1. The number of ether oxygens (including phenoxy) is 1. The Bertz CT molecular complexity index is 464. The number of likely N-dealkylation sites (tertiary alicyclic amines) is 1. The van der Waals surface area contributed by atoms with Gasteiger partial charge in [0.05, 0.1) is 0 Å². The predicted octanol–water partition coefficient (Wildman–Crippen LogP) is 3.00. The Morgan fingerprint density at radius 1 is 1.33 bits per heavy atom. The molecule has 0 bridgehead atoms. The Hall–Kier alpha value is -1.27. The van der Waals surface area contributed by atoms with Crippen LogP contribution in [-0.4, -0.2) is 30.9 Å². The predicted molar refractivity (Wildman–Crippen MR) is 74.7 cm³/mol. The summed E-state index contributed by atoms with van der Waals surface area (Å²) >= 11 is 0. The molecule has 6 heteroatoms. The smallest absolute Gasteiger partial charge is 0.405 e. The van der Waals surface area contributed by atoms with Crippen molar-refractivity contribution >= 4 is 0 Å². The first-order valence-electron chi connectivity index (χ1n) is 7.15. The van der Waals surface area contributed by atoms with Crippen LogP contribution in [0, 0.1) is 11.8 Å². The molecule has 1 saturated heterocycles. The van der Waals surface area contributed by atoms with E-state index in [4.69, 9.17) is 5.73 Å². The van der Waals surface area contributed by atoms with E-state index in [0.29, 0.717) is 30.5 Å². The van der Waals surface area contributed by atoms with Gasteiger partial charge in [0.25, 0.3) is 0 Å². The number of nitrogens with zero attached hydrogens (tertiary/aromatic N) is 1. The van der Waals surface area contributed by atoms with Crippen LogP contribution in [0.2, 0.25) is 0 Å². The molecule has 1 fully saturated rings. The fraction of sp³-hybridized carbons (Fsp3) is 0.600. The van der Waals surface area contributed by atoms with Crippen LogP contribution >= 0.6 is 0 Å². The van der Waals surface area contributed by atoms with Crippen LogP contribution in [0.4, 0.5) is 13.2 Å². The molecule has 2 unspecified atom stereocenters. The maximum Gasteiger partial charge on any atom is 0.573 e. The van der Waals surface area contributed by atoms with E-state index in [1.54, 1.807) is 18.2 Å². The highest BCUT2D eigenvalue weighted by Crippen LogP contribution is 2.29. The van der Waals surface area contributed by atoms with Gasteiger partial charge in [-0.05, 0) is 37.4 Å². The molecule has 1 aromatic rings. The van der Waals surface area contributed by atoms with Crippen molar-refractivity contribution in [1.29, 1.82) is 0 Å². The maximum atomic E-state index is 12.4. The molecule has 1 heterocycles. The van der Waals surface area contributed by atoms with E-state index in [-0.39, 0.29) is 5.75 Å². The molecular formula is C15H21F3N2O. The topological polar surface area (TPSA) is 38.5 Å². The van der Waals surface area contributed by atoms with E-state index in [1.807, 2.05) is 0 Å². The highest BCUT2D eigenvalue weighted by molar-refractivity contribution is 5.33. The normalized spacial score (nSPS) is 24.0. The zero-order chi connectivity index (χ0) is 15.5. The summed E-state index contributed by atoms with van der Waals surface area (Å²) in [6, 6.07) is 6.31. The SMILES string of the molecule is CC1CCN(Cc2ccccc2OC(F)(F)F)CC1CN. The van der Waals surface area contributed by atoms with Gasteiger partial charge in [0.1, 0.15) is 5.75 Å². The van der Waals surface area contributed by atoms with Gasteiger partial charge in [-0.2, -0.15) is 0 Å². The summed E-state index contributed by atoms with van der Waals surface area (Å²) in [5, 5.41) is 0. The summed E-state index contributed by atoms with van der Waals surface area (Å²) in [7, 11) is 0. The first kappa shape index (κ1) is 16.1. The molecule has 0 radical (unpaired) electrons. The van der Waals surface area contributed by atoms with Crippen molar-refractivity contribution < 1.29 is 17.9 Å². The summed E-state index contributed by atoms with van der Waals surface area (Å²) in [6.45, 7) is 4.93. The van der Waals surface area contributed by atoms with Crippen LogP contribution in [0.25, 0.3) is 0 Å². The van der Waals surface area contributed by atoms with E-state index < -0.39 is 6.36 Å². The van der Waals surface area contributed by atoms with Gasteiger partial charge >= 0.3 is 6.36 Å². The number of halogens is 3. The van der Waals surface area contributed by atoms with Gasteiger partial charge in [0, 0.05) is 18.7 Å². The van der Waals surface area contributed by atoms with Crippen LogP contribution in [0.5, 0.6) is 5.75 Å². The summed E-state index contributed by atoms with van der Waals surface area (Å²) < 4.78 is 41.3. The Morgan fingerprint density at radius 3 is 2.71 bits per heavy atom. The minimum absolute atomic E-state index is 0.118. The monoisotopic (exact) mass is 302 g/mol. The standard InChI is InChI=1S/C15H21F3N2O/c1-11-6-7-20(10-13(11)8-19)9-12-4-2-3-5-14(12)21-15(16,17)18/h2-5,11,13H,6-10,19H2,1H3. The Balaban J connectivity index is 2.06. The maximum absolute atomic E-state index is 12.4. The molecule has 21 heavy (non-hydrogen) atoms. The number of alkyl halides is 3. The van der Waals surface area contributed by atoms with Crippen LogP contribution in [0.15, 0.2) is 24.3 Å². The molecule has 1 aliphatic rings. The molecule has 0 aromatic heterocycles. The molecule has 0 amide bonds. The Labute approximate surface area is 122 Å². The number of rotatable bonds is 4. The quantitative estimate of drug-likeness (QED) is 0.929. The first-order chi connectivity index (χ1) is 9.89. The zero-order valence-corrected chi connectivity index (χ0v) is 12.1. The number of benzene rings is 1. The largest absolute Gasteiger partial charge is 0.573 e. The van der Waals surface area contributed by atoms with Gasteiger partial charge in [-0.3, -0.25) is 4.90 Å². The average Bonchev–Trinajstić information content (AvgIpc) is 2.41. The van der Waals surface area contributed by atoms with Crippen LogP contribution < -0.4 is 10.5 Å². The lowest BCUT2D eigenvalue weighted by Crippen LogP contribution is -2.42. The fourth-order valence-electron chi connectivity index (χ4n) is 2.77. The molecule has 2 rings (SSSR count). The van der Waals surface area contributed by atoms with Gasteiger partial charge in [-0.25, -0.2) is 0 Å². The third-order valence-electron chi connectivity index (χ3n) is 4.09. The molecule has 1 aromatic carbocycles. The molecule has 3 nitrogen and oxygen atoms in total. The summed E-state index contributed by atoms with van der Waals surface area (Å²) in [6.07, 6.45) is -3.64. The van der Waals surface area contributed by atoms with Crippen LogP contribution in [0.3, 0.4) is 0 Å². The van der Waals surface area contributed by atoms with E-state index in [1.165, 1.54) is 6.07 Å². The first-order valence-corrected chi connectivity index (χ1v) is 7.15. The number of hydrogen-bond acceptors (Lipinski definition) is 3. The Kier molecular flexibility index (Phi) is 5.11. The molecule has 0 spiro atoms. The van der Waals surface area contributed by atoms with E-state index >= 15 is 0 Å². The lowest BCUT2D eigenvalue weighted by Gasteiger charge is -2.36. The highest BCUT2D eigenvalue weighted by atomic mass is 19.4. The molecule has 0 saturated carbocycles. The average molecular weight is 302 g/mol. The molecule has 2 atom stereocenters. The molecule has 118 valence electrons. The molecule has 0 aliphatic carbocycles. The second-order valence-corrected chi connectivity index (χ2v) is 5.65. The number of para-hydroxylation sites is 1. The molecular weight excluding hydrogens is 281 g/mol. The van der Waals surface area contributed by atoms with Crippen molar-refractivity contribution in [2.45, 2.75) is 26.3 Å². The summed E-state index contributed by atoms with van der Waals surface area (Å²) in [5.41, 5.74) is 6.32. The zero-order valence-electron chi connectivity index (χ0n) is 12.1. The highest BCUT2D eigenvalue weighted by Gasteiger charge is 2.32. The van der Waals surface area contributed by atoms with Crippen molar-refractivity contribution in [2.24, 2.45) is 17.6 Å². The van der Waals surface area contributed by atoms with Gasteiger partial charge in [-0.15, -0.1) is 13.2 Å². The van der Waals surface area contributed by atoms with Gasteiger partial charge in [-0.1, -0.05) is 25.1 Å². The van der Waals surface area contributed by atoms with Crippen LogP contribution in [-0.2, 0) is 6.54 Å². The minimum atomic E-state index is -4.66.